The third-order valence-electron chi connectivity index (χ3n) is 4.95. The van der Waals surface area contributed by atoms with Crippen molar-refractivity contribution in [3.8, 4) is 22.9 Å². The number of aromatic nitrogens is 3. The van der Waals surface area contributed by atoms with Crippen LogP contribution in [0.25, 0.3) is 11.4 Å². The van der Waals surface area contributed by atoms with Crippen molar-refractivity contribution in [3.05, 3.63) is 53.9 Å². The largest absolute Gasteiger partial charge is 0.454 e. The highest BCUT2D eigenvalue weighted by Crippen LogP contribution is 2.38. The molecule has 0 saturated heterocycles. The maximum Gasteiger partial charge on any atom is 0.231 e. The lowest BCUT2D eigenvalue weighted by Crippen LogP contribution is -2.12. The average molecular weight is 376 g/mol. The third-order valence-corrected chi connectivity index (χ3v) is 4.95. The highest BCUT2D eigenvalue weighted by atomic mass is 16.7. The van der Waals surface area contributed by atoms with Gasteiger partial charge in [-0.2, -0.15) is 5.10 Å². The SMILES string of the molecule is O=C(CCc1ccc2c(c1)OCO2)Nc1cccc(-c2n[nH]c(C3CC3)n2)c1. The molecule has 28 heavy (non-hydrogen) atoms. The molecule has 1 aliphatic carbocycles. The highest BCUT2D eigenvalue weighted by Gasteiger charge is 2.27. The van der Waals surface area contributed by atoms with E-state index in [1.807, 2.05) is 42.5 Å². The maximum absolute atomic E-state index is 12.4. The Balaban J connectivity index is 1.21. The van der Waals surface area contributed by atoms with Gasteiger partial charge in [0.15, 0.2) is 17.3 Å². The maximum atomic E-state index is 12.4. The second kappa shape index (κ2) is 6.99. The van der Waals surface area contributed by atoms with Gasteiger partial charge in [0.2, 0.25) is 12.7 Å². The van der Waals surface area contributed by atoms with E-state index in [1.54, 1.807) is 0 Å². The van der Waals surface area contributed by atoms with Crippen LogP contribution in [-0.2, 0) is 11.2 Å². The van der Waals surface area contributed by atoms with Gasteiger partial charge in [0.05, 0.1) is 0 Å². The fourth-order valence-electron chi connectivity index (χ4n) is 3.26. The summed E-state index contributed by atoms with van der Waals surface area (Å²) in [6, 6.07) is 13.4. The number of aryl methyl sites for hydroxylation is 1. The highest BCUT2D eigenvalue weighted by molar-refractivity contribution is 5.91. The zero-order valence-electron chi connectivity index (χ0n) is 15.3. The Morgan fingerprint density at radius 1 is 1.14 bits per heavy atom. The van der Waals surface area contributed by atoms with Crippen LogP contribution in [0.1, 0.15) is 36.6 Å². The molecule has 0 radical (unpaired) electrons. The quantitative estimate of drug-likeness (QED) is 0.685. The van der Waals surface area contributed by atoms with Gasteiger partial charge >= 0.3 is 0 Å². The number of anilines is 1. The smallest absolute Gasteiger partial charge is 0.231 e. The molecule has 3 aromatic rings. The minimum Gasteiger partial charge on any atom is -0.454 e. The van der Waals surface area contributed by atoms with Crippen LogP contribution in [-0.4, -0.2) is 27.9 Å². The molecule has 7 nitrogen and oxygen atoms in total. The molecule has 2 aliphatic rings. The number of nitrogens with one attached hydrogen (secondary N) is 2. The Morgan fingerprint density at radius 2 is 2.04 bits per heavy atom. The molecular formula is C21H20N4O3. The lowest BCUT2D eigenvalue weighted by Gasteiger charge is -2.07. The minimum atomic E-state index is -0.0385. The Bertz CT molecular complexity index is 1030. The van der Waals surface area contributed by atoms with Crippen LogP contribution in [0.15, 0.2) is 42.5 Å². The van der Waals surface area contributed by atoms with Gasteiger partial charge in [-0.15, -0.1) is 0 Å². The number of rotatable bonds is 6. The van der Waals surface area contributed by atoms with Crippen molar-refractivity contribution < 1.29 is 14.3 Å². The first kappa shape index (κ1) is 16.8. The summed E-state index contributed by atoms with van der Waals surface area (Å²) >= 11 is 0. The van der Waals surface area contributed by atoms with E-state index >= 15 is 0 Å². The third kappa shape index (κ3) is 3.55. The zero-order chi connectivity index (χ0) is 18.9. The summed E-state index contributed by atoms with van der Waals surface area (Å²) in [6.07, 6.45) is 3.37. The Morgan fingerprint density at radius 3 is 2.93 bits per heavy atom. The molecule has 1 aromatic heterocycles. The van der Waals surface area contributed by atoms with Crippen molar-refractivity contribution in [2.24, 2.45) is 0 Å². The number of benzene rings is 2. The van der Waals surface area contributed by atoms with Gasteiger partial charge < -0.3 is 14.8 Å². The summed E-state index contributed by atoms with van der Waals surface area (Å²) in [5, 5.41) is 10.3. The first-order valence-electron chi connectivity index (χ1n) is 9.46. The van der Waals surface area contributed by atoms with E-state index in [9.17, 15) is 4.79 Å². The van der Waals surface area contributed by atoms with Gasteiger partial charge in [0.1, 0.15) is 5.82 Å². The van der Waals surface area contributed by atoms with E-state index in [4.69, 9.17) is 9.47 Å². The van der Waals surface area contributed by atoms with E-state index < -0.39 is 0 Å². The predicted octanol–water partition coefficient (Wildman–Crippen LogP) is 3.65. The molecule has 1 saturated carbocycles. The number of carbonyl (C=O) groups is 1. The van der Waals surface area contributed by atoms with Crippen molar-refractivity contribution in [2.45, 2.75) is 31.6 Å². The fraction of sp³-hybridized carbons (Fsp3) is 0.286. The molecule has 5 rings (SSSR count). The monoisotopic (exact) mass is 376 g/mol. The van der Waals surface area contributed by atoms with Crippen molar-refractivity contribution in [3.63, 3.8) is 0 Å². The number of hydrogen-bond donors (Lipinski definition) is 2. The number of hydrogen-bond acceptors (Lipinski definition) is 5. The summed E-state index contributed by atoms with van der Waals surface area (Å²) in [7, 11) is 0. The van der Waals surface area contributed by atoms with Gasteiger partial charge in [-0.25, -0.2) is 4.98 Å². The van der Waals surface area contributed by atoms with Crippen molar-refractivity contribution in [2.75, 3.05) is 12.1 Å². The minimum absolute atomic E-state index is 0.0385. The summed E-state index contributed by atoms with van der Waals surface area (Å²) in [4.78, 5) is 16.9. The van der Waals surface area contributed by atoms with Crippen LogP contribution >= 0.6 is 0 Å². The fourth-order valence-corrected chi connectivity index (χ4v) is 3.26. The number of ether oxygens (including phenoxy) is 2. The molecule has 2 N–H and O–H groups in total. The normalized spacial score (nSPS) is 14.9. The first-order valence-corrected chi connectivity index (χ1v) is 9.46. The van der Waals surface area contributed by atoms with E-state index in [2.05, 4.69) is 20.5 Å². The molecule has 0 atom stereocenters. The Labute approximate surface area is 162 Å². The van der Waals surface area contributed by atoms with Crippen molar-refractivity contribution in [1.29, 1.82) is 0 Å². The molecule has 2 aromatic carbocycles. The molecule has 2 heterocycles. The molecule has 0 unspecified atom stereocenters. The van der Waals surface area contributed by atoms with Gasteiger partial charge in [-0.1, -0.05) is 18.2 Å². The molecule has 1 aliphatic heterocycles. The van der Waals surface area contributed by atoms with Crippen molar-refractivity contribution >= 4 is 11.6 Å². The average Bonchev–Trinajstić information content (AvgIpc) is 3.25. The van der Waals surface area contributed by atoms with Gasteiger partial charge in [0.25, 0.3) is 0 Å². The standard InChI is InChI=1S/C21H20N4O3/c26-19(9-5-13-4-8-17-18(10-13)28-12-27-17)22-16-3-1-2-15(11-16)21-23-20(24-25-21)14-6-7-14/h1-4,8,10-11,14H,5-7,9,12H2,(H,22,26)(H,23,24,25). The summed E-state index contributed by atoms with van der Waals surface area (Å²) in [5.41, 5.74) is 2.67. The van der Waals surface area contributed by atoms with Crippen LogP contribution in [0, 0.1) is 0 Å². The molecular weight excluding hydrogens is 356 g/mol. The molecule has 1 fully saturated rings. The van der Waals surface area contributed by atoms with Crippen LogP contribution < -0.4 is 14.8 Å². The van der Waals surface area contributed by atoms with Gasteiger partial charge in [-0.05, 0) is 49.1 Å². The Kier molecular flexibility index (Phi) is 4.20. The second-order valence-electron chi connectivity index (χ2n) is 7.14. The number of amides is 1. The number of fused-ring (bicyclic) bond motifs is 1. The topological polar surface area (TPSA) is 89.1 Å². The molecule has 0 spiro atoms. The first-order chi connectivity index (χ1) is 13.7. The van der Waals surface area contributed by atoms with Crippen molar-refractivity contribution in [1.82, 2.24) is 15.2 Å². The molecule has 0 bridgehead atoms. The zero-order valence-corrected chi connectivity index (χ0v) is 15.3. The van der Waals surface area contributed by atoms with E-state index in [0.717, 1.165) is 34.1 Å². The summed E-state index contributed by atoms with van der Waals surface area (Å²) < 4.78 is 10.7. The van der Waals surface area contributed by atoms with Gasteiger partial charge in [-0.3, -0.25) is 9.89 Å². The molecule has 142 valence electrons. The number of aromatic amines is 1. The number of carbonyl (C=O) groups excluding carboxylic acids is 1. The van der Waals surface area contributed by atoms with Crippen LogP contribution in [0.5, 0.6) is 11.5 Å². The summed E-state index contributed by atoms with van der Waals surface area (Å²) in [5.74, 6) is 3.60. The Hall–Kier alpha value is -3.35. The van der Waals surface area contributed by atoms with Crippen LogP contribution in [0.2, 0.25) is 0 Å². The molecule has 7 heteroatoms. The number of nitrogens with zero attached hydrogens (tertiary/aromatic N) is 2. The lowest BCUT2D eigenvalue weighted by atomic mass is 10.1. The van der Waals surface area contributed by atoms with Crippen LogP contribution in [0.3, 0.4) is 0 Å². The summed E-state index contributed by atoms with van der Waals surface area (Å²) in [6.45, 7) is 0.253. The molecule has 1 amide bonds. The predicted molar refractivity (Wildman–Crippen MR) is 103 cm³/mol. The number of H-pyrrole nitrogens is 1. The van der Waals surface area contributed by atoms with E-state index in [1.165, 1.54) is 12.8 Å². The van der Waals surface area contributed by atoms with Crippen LogP contribution in [0.4, 0.5) is 5.69 Å². The van der Waals surface area contributed by atoms with E-state index in [-0.39, 0.29) is 12.7 Å². The van der Waals surface area contributed by atoms with Gasteiger partial charge in [0, 0.05) is 23.6 Å². The lowest BCUT2D eigenvalue weighted by molar-refractivity contribution is -0.116. The second-order valence-corrected chi connectivity index (χ2v) is 7.14. The van der Waals surface area contributed by atoms with E-state index in [0.29, 0.717) is 24.6 Å².